The Balaban J connectivity index is 1.65. The summed E-state index contributed by atoms with van der Waals surface area (Å²) in [6.07, 6.45) is 3.65. The molecule has 0 aliphatic heterocycles. The molecule has 1 N–H and O–H groups in total. The van der Waals surface area contributed by atoms with Crippen LogP contribution < -0.4 is 5.56 Å². The molecule has 0 radical (unpaired) electrons. The molecule has 0 aliphatic rings. The molecule has 5 nitrogen and oxygen atoms in total. The molecular formula is C19H15ClN4OS. The quantitative estimate of drug-likeness (QED) is 0.523. The van der Waals surface area contributed by atoms with Crippen LogP contribution >= 0.6 is 23.4 Å². The number of hydrogen-bond donors (Lipinski definition) is 1. The first-order valence-electron chi connectivity index (χ1n) is 8.07. The number of imidazole rings is 1. The van der Waals surface area contributed by atoms with Crippen LogP contribution in [-0.4, -0.2) is 19.5 Å². The Morgan fingerprint density at radius 2 is 1.92 bits per heavy atom. The van der Waals surface area contributed by atoms with Gasteiger partial charge < -0.3 is 4.98 Å². The first-order valence-corrected chi connectivity index (χ1v) is 9.32. The summed E-state index contributed by atoms with van der Waals surface area (Å²) in [5.41, 5.74) is 1.54. The SMILES string of the molecule is C[C@H](Sc1nccn1-c1ccc(Cl)cc1)c1nc2ccccc2c(=O)[nH]1. The summed E-state index contributed by atoms with van der Waals surface area (Å²) in [5.74, 6) is 0.629. The minimum atomic E-state index is -0.126. The summed E-state index contributed by atoms with van der Waals surface area (Å²) in [6, 6.07) is 14.9. The monoisotopic (exact) mass is 382 g/mol. The van der Waals surface area contributed by atoms with Gasteiger partial charge >= 0.3 is 0 Å². The number of H-pyrrole nitrogens is 1. The van der Waals surface area contributed by atoms with Crippen molar-refractivity contribution in [2.75, 3.05) is 0 Å². The third kappa shape index (κ3) is 3.25. The van der Waals surface area contributed by atoms with Crippen molar-refractivity contribution >= 4 is 34.3 Å². The Bertz CT molecular complexity index is 1120. The van der Waals surface area contributed by atoms with Gasteiger partial charge in [0.2, 0.25) is 0 Å². The summed E-state index contributed by atoms with van der Waals surface area (Å²) in [5, 5.41) is 2.03. The van der Waals surface area contributed by atoms with Gasteiger partial charge in [0.15, 0.2) is 5.16 Å². The predicted octanol–water partition coefficient (Wildman–Crippen LogP) is 4.62. The van der Waals surface area contributed by atoms with E-state index in [-0.39, 0.29) is 10.8 Å². The van der Waals surface area contributed by atoms with E-state index >= 15 is 0 Å². The third-order valence-electron chi connectivity index (χ3n) is 4.01. The van der Waals surface area contributed by atoms with Gasteiger partial charge in [-0.15, -0.1) is 0 Å². The van der Waals surface area contributed by atoms with Gasteiger partial charge in [0.05, 0.1) is 16.2 Å². The molecular weight excluding hydrogens is 368 g/mol. The van der Waals surface area contributed by atoms with E-state index in [0.717, 1.165) is 10.8 Å². The molecule has 0 unspecified atom stereocenters. The molecule has 0 amide bonds. The summed E-state index contributed by atoms with van der Waals surface area (Å²) >= 11 is 7.50. The molecule has 0 fully saturated rings. The summed E-state index contributed by atoms with van der Waals surface area (Å²) in [6.45, 7) is 2.00. The van der Waals surface area contributed by atoms with Crippen LogP contribution in [0.2, 0.25) is 5.02 Å². The second-order valence-electron chi connectivity index (χ2n) is 5.78. The first-order chi connectivity index (χ1) is 12.6. The van der Waals surface area contributed by atoms with Crippen LogP contribution in [0, 0.1) is 0 Å². The largest absolute Gasteiger partial charge is 0.309 e. The van der Waals surface area contributed by atoms with Gasteiger partial charge in [-0.05, 0) is 43.3 Å². The van der Waals surface area contributed by atoms with Crippen molar-refractivity contribution in [3.8, 4) is 5.69 Å². The first kappa shape index (κ1) is 16.9. The standard InChI is InChI=1S/C19H15ClN4OS/c1-12(17-22-16-5-3-2-4-15(16)18(25)23-17)26-19-21-10-11-24(19)14-8-6-13(20)7-9-14/h2-12H,1H3,(H,22,23,25)/t12-/m0/s1. The number of fused-ring (bicyclic) bond motifs is 1. The second-order valence-corrected chi connectivity index (χ2v) is 7.53. The van der Waals surface area contributed by atoms with Gasteiger partial charge in [0.1, 0.15) is 5.82 Å². The van der Waals surface area contributed by atoms with Gasteiger partial charge in [0.25, 0.3) is 5.56 Å². The van der Waals surface area contributed by atoms with Crippen molar-refractivity contribution < 1.29 is 0 Å². The summed E-state index contributed by atoms with van der Waals surface area (Å²) in [4.78, 5) is 24.2. The molecule has 0 bridgehead atoms. The lowest BCUT2D eigenvalue weighted by Gasteiger charge is -2.13. The highest BCUT2D eigenvalue weighted by Gasteiger charge is 2.16. The number of nitrogens with zero attached hydrogens (tertiary/aromatic N) is 3. The Hall–Kier alpha value is -2.57. The van der Waals surface area contributed by atoms with Crippen LogP contribution in [0.1, 0.15) is 18.0 Å². The van der Waals surface area contributed by atoms with Crippen LogP contribution in [0.25, 0.3) is 16.6 Å². The number of nitrogens with one attached hydrogen (secondary N) is 1. The number of benzene rings is 2. The highest BCUT2D eigenvalue weighted by molar-refractivity contribution is 7.99. The van der Waals surface area contributed by atoms with Crippen LogP contribution in [0.3, 0.4) is 0 Å². The fourth-order valence-corrected chi connectivity index (χ4v) is 3.75. The predicted molar refractivity (Wildman–Crippen MR) is 105 cm³/mol. The number of para-hydroxylation sites is 1. The molecule has 130 valence electrons. The lowest BCUT2D eigenvalue weighted by atomic mass is 10.2. The van der Waals surface area contributed by atoms with Gasteiger partial charge in [-0.3, -0.25) is 9.36 Å². The molecule has 0 aliphatic carbocycles. The number of halogens is 1. The van der Waals surface area contributed by atoms with Gasteiger partial charge in [0, 0.05) is 23.1 Å². The summed E-state index contributed by atoms with van der Waals surface area (Å²) < 4.78 is 1.98. The minimum absolute atomic E-state index is 0.0687. The Kier molecular flexibility index (Phi) is 4.53. The van der Waals surface area contributed by atoms with Crippen LogP contribution in [0.5, 0.6) is 0 Å². The Labute approximate surface area is 159 Å². The van der Waals surface area contributed by atoms with E-state index in [1.165, 1.54) is 11.8 Å². The topological polar surface area (TPSA) is 63.6 Å². The van der Waals surface area contributed by atoms with E-state index < -0.39 is 0 Å². The number of thioether (sulfide) groups is 1. The lowest BCUT2D eigenvalue weighted by Crippen LogP contribution is -2.13. The number of aromatic amines is 1. The van der Waals surface area contributed by atoms with Crippen molar-refractivity contribution in [1.82, 2.24) is 19.5 Å². The molecule has 7 heteroatoms. The van der Waals surface area contributed by atoms with Crippen molar-refractivity contribution in [2.24, 2.45) is 0 Å². The van der Waals surface area contributed by atoms with Crippen molar-refractivity contribution in [3.05, 3.63) is 82.1 Å². The molecule has 2 aromatic carbocycles. The van der Waals surface area contributed by atoms with Gasteiger partial charge in [-0.2, -0.15) is 0 Å². The minimum Gasteiger partial charge on any atom is -0.309 e. The fourth-order valence-electron chi connectivity index (χ4n) is 2.69. The molecule has 1 atom stereocenters. The Morgan fingerprint density at radius 3 is 2.73 bits per heavy atom. The van der Waals surface area contributed by atoms with E-state index in [0.29, 0.717) is 21.7 Å². The smallest absolute Gasteiger partial charge is 0.258 e. The molecule has 4 aromatic rings. The fraction of sp³-hybridized carbons (Fsp3) is 0.105. The molecule has 0 saturated carbocycles. The van der Waals surface area contributed by atoms with Crippen molar-refractivity contribution in [3.63, 3.8) is 0 Å². The molecule has 4 rings (SSSR count). The normalized spacial score (nSPS) is 12.4. The number of rotatable bonds is 4. The average molecular weight is 383 g/mol. The molecule has 0 spiro atoms. The summed E-state index contributed by atoms with van der Waals surface area (Å²) in [7, 11) is 0. The van der Waals surface area contributed by atoms with Crippen molar-refractivity contribution in [1.29, 1.82) is 0 Å². The average Bonchev–Trinajstić information content (AvgIpc) is 3.10. The number of hydrogen-bond acceptors (Lipinski definition) is 4. The number of aromatic nitrogens is 4. The van der Waals surface area contributed by atoms with Crippen LogP contribution in [-0.2, 0) is 0 Å². The molecule has 2 heterocycles. The van der Waals surface area contributed by atoms with Crippen LogP contribution in [0.15, 0.2) is 70.9 Å². The zero-order chi connectivity index (χ0) is 18.1. The van der Waals surface area contributed by atoms with E-state index in [1.807, 2.05) is 60.2 Å². The van der Waals surface area contributed by atoms with E-state index in [1.54, 1.807) is 12.3 Å². The maximum atomic E-state index is 12.3. The third-order valence-corrected chi connectivity index (χ3v) is 5.35. The molecule has 0 saturated heterocycles. The maximum absolute atomic E-state index is 12.3. The maximum Gasteiger partial charge on any atom is 0.258 e. The lowest BCUT2D eigenvalue weighted by molar-refractivity contribution is 0.869. The van der Waals surface area contributed by atoms with Gasteiger partial charge in [-0.25, -0.2) is 9.97 Å². The van der Waals surface area contributed by atoms with Crippen molar-refractivity contribution in [2.45, 2.75) is 17.3 Å². The highest BCUT2D eigenvalue weighted by Crippen LogP contribution is 2.33. The molecule has 2 aromatic heterocycles. The highest BCUT2D eigenvalue weighted by atomic mass is 35.5. The van der Waals surface area contributed by atoms with Gasteiger partial charge in [-0.1, -0.05) is 35.5 Å². The second kappa shape index (κ2) is 6.97. The molecule has 26 heavy (non-hydrogen) atoms. The Morgan fingerprint density at radius 1 is 1.15 bits per heavy atom. The van der Waals surface area contributed by atoms with E-state index in [4.69, 9.17) is 11.6 Å². The zero-order valence-corrected chi connectivity index (χ0v) is 15.5. The van der Waals surface area contributed by atoms with Crippen LogP contribution in [0.4, 0.5) is 0 Å². The van der Waals surface area contributed by atoms with E-state index in [2.05, 4.69) is 15.0 Å². The zero-order valence-electron chi connectivity index (χ0n) is 13.9. The van der Waals surface area contributed by atoms with E-state index in [9.17, 15) is 4.79 Å².